The molecule has 0 fully saturated rings. The number of aryl methyl sites for hydroxylation is 1. The Morgan fingerprint density at radius 3 is 2.40 bits per heavy atom. The average Bonchev–Trinajstić information content (AvgIpc) is 2.47. The molecule has 3 nitrogen and oxygen atoms in total. The maximum Gasteiger partial charge on any atom is 0.149 e. The lowest BCUT2D eigenvalue weighted by atomic mass is 10.0. The molecule has 0 aromatic heterocycles. The van der Waals surface area contributed by atoms with Gasteiger partial charge in [0.05, 0.1) is 12.8 Å². The SMILES string of the molecule is CCc1cc(N)c(OCc2ccccc2)c(C)c1OC. The molecule has 2 rings (SSSR count). The van der Waals surface area contributed by atoms with Crippen LogP contribution in [0, 0.1) is 6.92 Å². The summed E-state index contributed by atoms with van der Waals surface area (Å²) < 4.78 is 11.4. The predicted octanol–water partition coefficient (Wildman–Crippen LogP) is 3.73. The van der Waals surface area contributed by atoms with Crippen molar-refractivity contribution < 1.29 is 9.47 Å². The van der Waals surface area contributed by atoms with E-state index in [1.54, 1.807) is 7.11 Å². The number of hydrogen-bond acceptors (Lipinski definition) is 3. The molecule has 0 aliphatic heterocycles. The zero-order valence-corrected chi connectivity index (χ0v) is 12.3. The van der Waals surface area contributed by atoms with Gasteiger partial charge in [-0.25, -0.2) is 0 Å². The standard InChI is InChI=1S/C17H21NO2/c1-4-14-10-15(18)17(12(2)16(14)19-3)20-11-13-8-6-5-7-9-13/h5-10H,4,11,18H2,1-3H3. The first-order valence-electron chi connectivity index (χ1n) is 6.80. The largest absolute Gasteiger partial charge is 0.496 e. The van der Waals surface area contributed by atoms with Crippen molar-refractivity contribution in [3.8, 4) is 11.5 Å². The van der Waals surface area contributed by atoms with Crippen LogP contribution in [0.15, 0.2) is 36.4 Å². The van der Waals surface area contributed by atoms with Crippen LogP contribution in [0.25, 0.3) is 0 Å². The maximum absolute atomic E-state index is 6.10. The Labute approximate surface area is 120 Å². The number of nitrogen functional groups attached to an aromatic ring is 1. The molecular formula is C17H21NO2. The van der Waals surface area contributed by atoms with Crippen molar-refractivity contribution in [2.75, 3.05) is 12.8 Å². The summed E-state index contributed by atoms with van der Waals surface area (Å²) >= 11 is 0. The molecule has 0 atom stereocenters. The number of benzene rings is 2. The highest BCUT2D eigenvalue weighted by molar-refractivity contribution is 5.64. The number of rotatable bonds is 5. The lowest BCUT2D eigenvalue weighted by Gasteiger charge is -2.17. The van der Waals surface area contributed by atoms with Gasteiger partial charge in [0.25, 0.3) is 0 Å². The minimum Gasteiger partial charge on any atom is -0.496 e. The third-order valence-corrected chi connectivity index (χ3v) is 3.38. The van der Waals surface area contributed by atoms with E-state index in [2.05, 4.69) is 6.92 Å². The van der Waals surface area contributed by atoms with E-state index in [0.29, 0.717) is 18.0 Å². The Kier molecular flexibility index (Phi) is 4.51. The van der Waals surface area contributed by atoms with E-state index in [1.165, 1.54) is 0 Å². The van der Waals surface area contributed by atoms with Gasteiger partial charge in [0.1, 0.15) is 18.1 Å². The van der Waals surface area contributed by atoms with Crippen LogP contribution in [-0.2, 0) is 13.0 Å². The topological polar surface area (TPSA) is 44.5 Å². The van der Waals surface area contributed by atoms with E-state index in [4.69, 9.17) is 15.2 Å². The Balaban J connectivity index is 2.28. The van der Waals surface area contributed by atoms with Crippen LogP contribution >= 0.6 is 0 Å². The fourth-order valence-electron chi connectivity index (χ4n) is 2.35. The smallest absolute Gasteiger partial charge is 0.149 e. The second-order valence-electron chi connectivity index (χ2n) is 4.74. The molecule has 0 aliphatic rings. The van der Waals surface area contributed by atoms with Gasteiger partial charge >= 0.3 is 0 Å². The molecule has 20 heavy (non-hydrogen) atoms. The zero-order chi connectivity index (χ0) is 14.5. The van der Waals surface area contributed by atoms with Gasteiger partial charge in [-0.3, -0.25) is 0 Å². The third-order valence-electron chi connectivity index (χ3n) is 3.38. The molecule has 2 aromatic rings. The molecule has 3 heteroatoms. The van der Waals surface area contributed by atoms with Crippen molar-refractivity contribution in [2.45, 2.75) is 26.9 Å². The number of nitrogens with two attached hydrogens (primary N) is 1. The van der Waals surface area contributed by atoms with Crippen LogP contribution in [-0.4, -0.2) is 7.11 Å². The first kappa shape index (κ1) is 14.3. The summed E-state index contributed by atoms with van der Waals surface area (Å²) in [5, 5.41) is 0. The van der Waals surface area contributed by atoms with Crippen molar-refractivity contribution in [3.05, 3.63) is 53.1 Å². The van der Waals surface area contributed by atoms with E-state index in [-0.39, 0.29) is 0 Å². The van der Waals surface area contributed by atoms with Gasteiger partial charge in [0.2, 0.25) is 0 Å². The first-order valence-corrected chi connectivity index (χ1v) is 6.80. The molecular weight excluding hydrogens is 250 g/mol. The molecule has 0 radical (unpaired) electrons. The zero-order valence-electron chi connectivity index (χ0n) is 12.3. The molecule has 0 heterocycles. The molecule has 0 spiro atoms. The van der Waals surface area contributed by atoms with Gasteiger partial charge in [0, 0.05) is 5.56 Å². The van der Waals surface area contributed by atoms with Crippen molar-refractivity contribution >= 4 is 5.69 Å². The van der Waals surface area contributed by atoms with Crippen LogP contribution < -0.4 is 15.2 Å². The van der Waals surface area contributed by atoms with Gasteiger partial charge in [-0.05, 0) is 30.5 Å². The molecule has 0 saturated carbocycles. The average molecular weight is 271 g/mol. The van der Waals surface area contributed by atoms with E-state index in [9.17, 15) is 0 Å². The normalized spacial score (nSPS) is 10.3. The Morgan fingerprint density at radius 2 is 1.80 bits per heavy atom. The summed E-state index contributed by atoms with van der Waals surface area (Å²) in [6, 6.07) is 12.0. The van der Waals surface area contributed by atoms with E-state index in [1.807, 2.05) is 43.3 Å². The van der Waals surface area contributed by atoms with Crippen LogP contribution in [0.1, 0.15) is 23.6 Å². The molecule has 106 valence electrons. The molecule has 0 saturated heterocycles. The monoisotopic (exact) mass is 271 g/mol. The van der Waals surface area contributed by atoms with Crippen molar-refractivity contribution in [1.82, 2.24) is 0 Å². The van der Waals surface area contributed by atoms with Gasteiger partial charge in [-0.2, -0.15) is 0 Å². The summed E-state index contributed by atoms with van der Waals surface area (Å²) in [5.74, 6) is 1.58. The predicted molar refractivity (Wildman–Crippen MR) is 82.3 cm³/mol. The lowest BCUT2D eigenvalue weighted by molar-refractivity contribution is 0.302. The second-order valence-corrected chi connectivity index (χ2v) is 4.74. The highest BCUT2D eigenvalue weighted by atomic mass is 16.5. The molecule has 0 aliphatic carbocycles. The van der Waals surface area contributed by atoms with Gasteiger partial charge in [-0.15, -0.1) is 0 Å². The summed E-state index contributed by atoms with van der Waals surface area (Å²) in [6.07, 6.45) is 0.882. The minimum atomic E-state index is 0.501. The summed E-state index contributed by atoms with van der Waals surface area (Å²) in [7, 11) is 1.68. The highest BCUT2D eigenvalue weighted by Crippen LogP contribution is 2.37. The van der Waals surface area contributed by atoms with Crippen LogP contribution in [0.2, 0.25) is 0 Å². The van der Waals surface area contributed by atoms with Crippen LogP contribution in [0.4, 0.5) is 5.69 Å². The van der Waals surface area contributed by atoms with Crippen LogP contribution in [0.5, 0.6) is 11.5 Å². The quantitative estimate of drug-likeness (QED) is 0.843. The number of methoxy groups -OCH3 is 1. The fourth-order valence-corrected chi connectivity index (χ4v) is 2.35. The third kappa shape index (κ3) is 2.87. The molecule has 0 bridgehead atoms. The van der Waals surface area contributed by atoms with Crippen molar-refractivity contribution in [1.29, 1.82) is 0 Å². The van der Waals surface area contributed by atoms with E-state index >= 15 is 0 Å². The molecule has 2 N–H and O–H groups in total. The van der Waals surface area contributed by atoms with Crippen LogP contribution in [0.3, 0.4) is 0 Å². The van der Waals surface area contributed by atoms with E-state index in [0.717, 1.165) is 28.9 Å². The molecule has 0 unspecified atom stereocenters. The summed E-state index contributed by atoms with van der Waals surface area (Å²) in [6.45, 7) is 4.57. The Hall–Kier alpha value is -2.16. The Bertz CT molecular complexity index is 579. The minimum absolute atomic E-state index is 0.501. The lowest BCUT2D eigenvalue weighted by Crippen LogP contribution is -2.04. The Morgan fingerprint density at radius 1 is 1.10 bits per heavy atom. The van der Waals surface area contributed by atoms with Gasteiger partial charge < -0.3 is 15.2 Å². The maximum atomic E-state index is 6.10. The second kappa shape index (κ2) is 6.33. The highest BCUT2D eigenvalue weighted by Gasteiger charge is 2.14. The number of ether oxygens (including phenoxy) is 2. The molecule has 2 aromatic carbocycles. The summed E-state index contributed by atoms with van der Waals surface area (Å²) in [4.78, 5) is 0. The van der Waals surface area contributed by atoms with Gasteiger partial charge in [0.15, 0.2) is 0 Å². The van der Waals surface area contributed by atoms with Crippen molar-refractivity contribution in [3.63, 3.8) is 0 Å². The van der Waals surface area contributed by atoms with Crippen molar-refractivity contribution in [2.24, 2.45) is 0 Å². The van der Waals surface area contributed by atoms with E-state index < -0.39 is 0 Å². The number of anilines is 1. The number of hydrogen-bond donors (Lipinski definition) is 1. The first-order chi connectivity index (χ1) is 9.67. The summed E-state index contributed by atoms with van der Waals surface area (Å²) in [5.41, 5.74) is 9.95. The van der Waals surface area contributed by atoms with Gasteiger partial charge in [-0.1, -0.05) is 37.3 Å². The fraction of sp³-hybridized carbons (Fsp3) is 0.294. The molecule has 0 amide bonds.